The number of hydrogen-bond donors (Lipinski definition) is 1. The van der Waals surface area contributed by atoms with Crippen LogP contribution in [0.4, 0.5) is 0 Å². The monoisotopic (exact) mass is 292 g/mol. The smallest absolute Gasteiger partial charge is 0.255 e. The van der Waals surface area contributed by atoms with Gasteiger partial charge in [-0.1, -0.05) is 44.2 Å². The first-order valence-electron chi connectivity index (χ1n) is 7.47. The minimum Gasteiger partial charge on any atom is -0.352 e. The van der Waals surface area contributed by atoms with E-state index in [0.29, 0.717) is 17.8 Å². The molecule has 0 atom stereocenters. The van der Waals surface area contributed by atoms with Gasteiger partial charge in [-0.05, 0) is 40.3 Å². The average Bonchev–Trinajstić information content (AvgIpc) is 2.51. The van der Waals surface area contributed by atoms with E-state index in [2.05, 4.69) is 5.32 Å². The highest BCUT2D eigenvalue weighted by molar-refractivity contribution is 6.07. The third-order valence-electron chi connectivity index (χ3n) is 3.75. The lowest BCUT2D eigenvalue weighted by molar-refractivity contribution is 0.0945. The topological polar surface area (TPSA) is 49.0 Å². The zero-order valence-electron chi connectivity index (χ0n) is 12.7. The number of rotatable bonds is 3. The molecule has 0 aliphatic rings. The van der Waals surface area contributed by atoms with E-state index in [9.17, 15) is 9.90 Å². The van der Waals surface area contributed by atoms with E-state index in [4.69, 9.17) is 0 Å². The van der Waals surface area contributed by atoms with Crippen LogP contribution in [0.3, 0.4) is 0 Å². The van der Waals surface area contributed by atoms with Crippen LogP contribution in [0.25, 0.3) is 21.5 Å². The van der Waals surface area contributed by atoms with Crippen LogP contribution >= 0.6 is 0 Å². The summed E-state index contributed by atoms with van der Waals surface area (Å²) in [5, 5.41) is 19.0. The Bertz CT molecular complexity index is 853. The SMILES string of the molecule is CC(C)CNC(=O)c1ccc2cc3ccccc3cc2c1[O]. The Labute approximate surface area is 129 Å². The van der Waals surface area contributed by atoms with E-state index in [0.717, 1.165) is 16.2 Å². The molecule has 0 bridgehead atoms. The van der Waals surface area contributed by atoms with Crippen LogP contribution in [-0.4, -0.2) is 12.5 Å². The predicted molar refractivity (Wildman–Crippen MR) is 88.8 cm³/mol. The van der Waals surface area contributed by atoms with Crippen molar-refractivity contribution in [1.29, 1.82) is 0 Å². The van der Waals surface area contributed by atoms with E-state index in [1.54, 1.807) is 6.07 Å². The second-order valence-corrected chi connectivity index (χ2v) is 5.97. The zero-order valence-corrected chi connectivity index (χ0v) is 12.7. The Morgan fingerprint density at radius 1 is 1.00 bits per heavy atom. The van der Waals surface area contributed by atoms with E-state index in [1.165, 1.54) is 0 Å². The largest absolute Gasteiger partial charge is 0.352 e. The standard InChI is InChI=1S/C19H18NO2/c1-12(2)11-20-19(22)16-8-7-15-9-13-5-3-4-6-14(13)10-17(15)18(16)21/h3-10,12H,11H2,1-2H3,(H,20,22). The number of carbonyl (C=O) groups is 1. The van der Waals surface area contributed by atoms with Gasteiger partial charge in [-0.2, -0.15) is 0 Å². The molecule has 1 N–H and O–H groups in total. The molecule has 0 aromatic heterocycles. The van der Waals surface area contributed by atoms with Gasteiger partial charge in [0.1, 0.15) is 0 Å². The molecule has 111 valence electrons. The number of nitrogens with one attached hydrogen (secondary N) is 1. The molecule has 1 amide bonds. The molecule has 3 heteroatoms. The maximum Gasteiger partial charge on any atom is 0.255 e. The van der Waals surface area contributed by atoms with E-state index in [1.807, 2.05) is 56.3 Å². The zero-order chi connectivity index (χ0) is 15.7. The van der Waals surface area contributed by atoms with Gasteiger partial charge in [0.05, 0.1) is 5.56 Å². The first-order valence-corrected chi connectivity index (χ1v) is 7.47. The molecule has 3 aromatic rings. The third kappa shape index (κ3) is 2.62. The molecule has 0 saturated heterocycles. The quantitative estimate of drug-likeness (QED) is 0.709. The molecule has 3 aromatic carbocycles. The van der Waals surface area contributed by atoms with E-state index < -0.39 is 0 Å². The summed E-state index contributed by atoms with van der Waals surface area (Å²) < 4.78 is 0. The van der Waals surface area contributed by atoms with Gasteiger partial charge < -0.3 is 5.32 Å². The molecule has 0 unspecified atom stereocenters. The molecule has 0 aliphatic heterocycles. The lowest BCUT2D eigenvalue weighted by Gasteiger charge is -2.10. The van der Waals surface area contributed by atoms with Crippen molar-refractivity contribution in [3.05, 3.63) is 54.1 Å². The van der Waals surface area contributed by atoms with Crippen molar-refractivity contribution in [2.45, 2.75) is 13.8 Å². The third-order valence-corrected chi connectivity index (χ3v) is 3.75. The van der Waals surface area contributed by atoms with Crippen molar-refractivity contribution in [1.82, 2.24) is 5.32 Å². The number of carbonyl (C=O) groups excluding carboxylic acids is 1. The molecule has 1 radical (unpaired) electrons. The molecule has 22 heavy (non-hydrogen) atoms. The lowest BCUT2D eigenvalue weighted by atomic mass is 10.00. The predicted octanol–water partition coefficient (Wildman–Crippen LogP) is 4.52. The summed E-state index contributed by atoms with van der Waals surface area (Å²) in [6.07, 6.45) is 0. The summed E-state index contributed by atoms with van der Waals surface area (Å²) >= 11 is 0. The van der Waals surface area contributed by atoms with Crippen molar-refractivity contribution in [3.63, 3.8) is 0 Å². The Hall–Kier alpha value is -2.55. The Morgan fingerprint density at radius 3 is 2.36 bits per heavy atom. The number of fused-ring (bicyclic) bond motifs is 2. The maximum absolute atomic E-state index is 12.6. The number of benzene rings is 3. The van der Waals surface area contributed by atoms with Gasteiger partial charge in [0.25, 0.3) is 5.91 Å². The summed E-state index contributed by atoms with van der Waals surface area (Å²) in [6, 6.07) is 15.2. The summed E-state index contributed by atoms with van der Waals surface area (Å²) in [5.41, 5.74) is 0.212. The first kappa shape index (κ1) is 14.4. The van der Waals surface area contributed by atoms with E-state index >= 15 is 0 Å². The van der Waals surface area contributed by atoms with E-state index in [-0.39, 0.29) is 17.2 Å². The second-order valence-electron chi connectivity index (χ2n) is 5.97. The van der Waals surface area contributed by atoms with Crippen LogP contribution in [-0.2, 0) is 5.11 Å². The van der Waals surface area contributed by atoms with Gasteiger partial charge >= 0.3 is 0 Å². The summed E-state index contributed by atoms with van der Waals surface area (Å²) in [6.45, 7) is 4.60. The van der Waals surface area contributed by atoms with Crippen molar-refractivity contribution in [3.8, 4) is 5.75 Å². The van der Waals surface area contributed by atoms with Crippen LogP contribution in [0.15, 0.2) is 48.5 Å². The fraction of sp³-hybridized carbons (Fsp3) is 0.211. The Balaban J connectivity index is 2.08. The fourth-order valence-corrected chi connectivity index (χ4v) is 2.56. The van der Waals surface area contributed by atoms with Gasteiger partial charge in [-0.3, -0.25) is 9.90 Å². The number of amides is 1. The van der Waals surface area contributed by atoms with Crippen molar-refractivity contribution in [2.75, 3.05) is 6.54 Å². The Kier molecular flexibility index (Phi) is 3.72. The minimum atomic E-state index is -0.297. The van der Waals surface area contributed by atoms with Gasteiger partial charge in [0.2, 0.25) is 0 Å². The summed E-state index contributed by atoms with van der Waals surface area (Å²) in [4.78, 5) is 12.2. The second kappa shape index (κ2) is 5.68. The molecular weight excluding hydrogens is 274 g/mol. The van der Waals surface area contributed by atoms with Gasteiger partial charge in [-0.15, -0.1) is 0 Å². The van der Waals surface area contributed by atoms with Gasteiger partial charge in [-0.25, -0.2) is 0 Å². The highest BCUT2D eigenvalue weighted by Crippen LogP contribution is 2.32. The molecule has 0 fully saturated rings. The average molecular weight is 292 g/mol. The summed E-state index contributed by atoms with van der Waals surface area (Å²) in [7, 11) is 0. The van der Waals surface area contributed by atoms with Crippen molar-refractivity contribution < 1.29 is 9.90 Å². The highest BCUT2D eigenvalue weighted by atomic mass is 16.3. The van der Waals surface area contributed by atoms with Gasteiger partial charge in [0, 0.05) is 11.9 Å². The molecule has 0 spiro atoms. The van der Waals surface area contributed by atoms with Crippen molar-refractivity contribution >= 4 is 27.5 Å². The van der Waals surface area contributed by atoms with Crippen molar-refractivity contribution in [2.24, 2.45) is 5.92 Å². The molecule has 0 heterocycles. The van der Waals surface area contributed by atoms with Crippen LogP contribution in [0.1, 0.15) is 24.2 Å². The highest BCUT2D eigenvalue weighted by Gasteiger charge is 2.16. The Morgan fingerprint density at radius 2 is 1.68 bits per heavy atom. The van der Waals surface area contributed by atoms with Crippen LogP contribution in [0, 0.1) is 5.92 Å². The molecule has 3 rings (SSSR count). The normalized spacial score (nSPS) is 11.2. The molecular formula is C19H18NO2. The maximum atomic E-state index is 12.6. The molecule has 0 saturated carbocycles. The lowest BCUT2D eigenvalue weighted by Crippen LogP contribution is -2.27. The number of hydrogen-bond acceptors (Lipinski definition) is 1. The van der Waals surface area contributed by atoms with Crippen LogP contribution in [0.2, 0.25) is 0 Å². The van der Waals surface area contributed by atoms with Gasteiger partial charge in [0.15, 0.2) is 5.75 Å². The van der Waals surface area contributed by atoms with Crippen LogP contribution in [0.5, 0.6) is 5.75 Å². The first-order chi connectivity index (χ1) is 10.6. The van der Waals surface area contributed by atoms with Crippen LogP contribution < -0.4 is 5.32 Å². The summed E-state index contributed by atoms with van der Waals surface area (Å²) in [5.74, 6) is -0.151. The fourth-order valence-electron chi connectivity index (χ4n) is 2.56. The molecule has 3 nitrogen and oxygen atoms in total. The molecule has 0 aliphatic carbocycles. The minimum absolute atomic E-state index is 0.204.